The largest absolute Gasteiger partial charge is 0.469 e. The van der Waals surface area contributed by atoms with Gasteiger partial charge in [0.25, 0.3) is 0 Å². The number of methoxy groups -OCH3 is 2. The van der Waals surface area contributed by atoms with Crippen LogP contribution in [0.2, 0.25) is 0 Å². The summed E-state index contributed by atoms with van der Waals surface area (Å²) in [5.41, 5.74) is -1.73. The molecule has 0 radical (unpaired) electrons. The third-order valence-corrected chi connectivity index (χ3v) is 11.6. The Morgan fingerprint density at radius 1 is 0.625 bits per heavy atom. The fourth-order valence-corrected chi connectivity index (χ4v) is 9.67. The van der Waals surface area contributed by atoms with Crippen LogP contribution in [0.5, 0.6) is 0 Å². The van der Waals surface area contributed by atoms with Crippen molar-refractivity contribution in [1.29, 1.82) is 0 Å². The average Bonchev–Trinajstić information content (AvgIpc) is 3.42. The summed E-state index contributed by atoms with van der Waals surface area (Å²) in [6.07, 6.45) is 8.30. The van der Waals surface area contributed by atoms with Crippen LogP contribution in [0, 0.1) is 46.3 Å². The molecule has 2 heterocycles. The summed E-state index contributed by atoms with van der Waals surface area (Å²) < 4.78 is 10.2. The molecule has 2 aliphatic heterocycles. The Morgan fingerprint density at radius 3 is 1.30 bits per heavy atom. The number of hydrogen-bond acceptors (Lipinski definition) is 8. The zero-order valence-corrected chi connectivity index (χ0v) is 23.5. The number of fused-ring (bicyclic) bond motifs is 4. The molecule has 0 N–H and O–H groups in total. The van der Waals surface area contributed by atoms with Gasteiger partial charge in [0.15, 0.2) is 0 Å². The molecular formula is C30H40N2O8. The summed E-state index contributed by atoms with van der Waals surface area (Å²) >= 11 is 0. The molecule has 4 atom stereocenters. The van der Waals surface area contributed by atoms with Crippen LogP contribution in [0.3, 0.4) is 0 Å². The Morgan fingerprint density at radius 2 is 0.975 bits per heavy atom. The van der Waals surface area contributed by atoms with Gasteiger partial charge in [-0.3, -0.25) is 38.6 Å². The molecule has 4 amide bonds. The summed E-state index contributed by atoms with van der Waals surface area (Å²) in [6, 6.07) is 0. The first-order valence-electron chi connectivity index (χ1n) is 15.1. The minimum Gasteiger partial charge on any atom is -0.469 e. The number of imide groups is 2. The van der Waals surface area contributed by atoms with Gasteiger partial charge in [-0.25, -0.2) is 0 Å². The lowest BCUT2D eigenvalue weighted by Crippen LogP contribution is -2.54. The van der Waals surface area contributed by atoms with Gasteiger partial charge in [0.1, 0.15) is 0 Å². The molecule has 4 bridgehead atoms. The van der Waals surface area contributed by atoms with E-state index in [2.05, 4.69) is 0 Å². The number of carbonyl (C=O) groups excluding carboxylic acids is 6. The molecule has 6 aliphatic carbocycles. The molecular weight excluding hydrogens is 516 g/mol. The van der Waals surface area contributed by atoms with E-state index in [1.807, 2.05) is 0 Å². The van der Waals surface area contributed by atoms with Gasteiger partial charge in [-0.05, 0) is 76.0 Å². The van der Waals surface area contributed by atoms with Crippen molar-refractivity contribution in [2.75, 3.05) is 27.3 Å². The second-order valence-corrected chi connectivity index (χ2v) is 13.0. The summed E-state index contributed by atoms with van der Waals surface area (Å²) in [5.74, 6) is -3.16. The molecule has 0 aromatic heterocycles. The maximum Gasteiger partial charge on any atom is 0.312 e. The lowest BCUT2D eigenvalue weighted by atomic mass is 9.51. The monoisotopic (exact) mass is 556 g/mol. The number of nitrogens with zero attached hydrogens (tertiary/aromatic N) is 2. The van der Waals surface area contributed by atoms with Crippen LogP contribution in [0.15, 0.2) is 0 Å². The zero-order valence-electron chi connectivity index (χ0n) is 23.5. The van der Waals surface area contributed by atoms with Gasteiger partial charge in [0.2, 0.25) is 23.6 Å². The van der Waals surface area contributed by atoms with Gasteiger partial charge in [0.05, 0.1) is 48.7 Å². The summed E-state index contributed by atoms with van der Waals surface area (Å²) in [6.45, 7) is 0.646. The van der Waals surface area contributed by atoms with Crippen LogP contribution in [-0.2, 0) is 38.2 Å². The molecule has 40 heavy (non-hydrogen) atoms. The molecule has 8 fully saturated rings. The van der Waals surface area contributed by atoms with Crippen LogP contribution in [0.25, 0.3) is 0 Å². The van der Waals surface area contributed by atoms with E-state index in [9.17, 15) is 28.8 Å². The van der Waals surface area contributed by atoms with Gasteiger partial charge in [-0.15, -0.1) is 0 Å². The first kappa shape index (κ1) is 27.4. The van der Waals surface area contributed by atoms with Crippen molar-refractivity contribution in [1.82, 2.24) is 9.80 Å². The third-order valence-electron chi connectivity index (χ3n) is 11.6. The fraction of sp³-hybridized carbons (Fsp3) is 0.800. The van der Waals surface area contributed by atoms with E-state index < -0.39 is 34.5 Å². The molecule has 8 rings (SSSR count). The van der Waals surface area contributed by atoms with Crippen molar-refractivity contribution in [3.63, 3.8) is 0 Å². The van der Waals surface area contributed by atoms with Crippen LogP contribution in [-0.4, -0.2) is 72.7 Å². The molecule has 218 valence electrons. The van der Waals surface area contributed by atoms with Crippen molar-refractivity contribution in [3.05, 3.63) is 0 Å². The lowest BCUT2D eigenvalue weighted by Gasteiger charge is -2.49. The second kappa shape index (κ2) is 9.94. The van der Waals surface area contributed by atoms with Crippen molar-refractivity contribution in [2.24, 2.45) is 46.3 Å². The van der Waals surface area contributed by atoms with Gasteiger partial charge < -0.3 is 9.47 Å². The van der Waals surface area contributed by atoms with Crippen molar-refractivity contribution in [2.45, 2.75) is 77.0 Å². The van der Waals surface area contributed by atoms with Crippen molar-refractivity contribution >= 4 is 35.6 Å². The lowest BCUT2D eigenvalue weighted by molar-refractivity contribution is -0.173. The molecule has 2 saturated heterocycles. The second-order valence-electron chi connectivity index (χ2n) is 13.0. The number of rotatable bonds is 9. The molecule has 10 heteroatoms. The maximum atomic E-state index is 13.4. The molecule has 0 aromatic carbocycles. The Labute approximate surface area is 234 Å². The highest BCUT2D eigenvalue weighted by Crippen LogP contribution is 2.61. The first-order valence-corrected chi connectivity index (χ1v) is 15.1. The summed E-state index contributed by atoms with van der Waals surface area (Å²) in [4.78, 5) is 81.6. The first-order chi connectivity index (χ1) is 19.2. The SMILES string of the molecule is COC(=O)C12CCC(CC1)[C@H]1C(=O)N(CCCCCCN3C(=O)[C@@H]4C5CCC(C(=O)OC)(CC5)[C@H]4C3=O)C(=O)[C@H]12. The average molecular weight is 557 g/mol. The predicted molar refractivity (Wildman–Crippen MR) is 139 cm³/mol. The predicted octanol–water partition coefficient (Wildman–Crippen LogP) is 2.48. The van der Waals surface area contributed by atoms with E-state index in [-0.39, 0.29) is 47.4 Å². The fourth-order valence-electron chi connectivity index (χ4n) is 9.67. The molecule has 10 nitrogen and oxygen atoms in total. The van der Waals surface area contributed by atoms with Crippen LogP contribution in [0.1, 0.15) is 77.0 Å². The van der Waals surface area contributed by atoms with E-state index in [0.717, 1.165) is 38.5 Å². The zero-order chi connectivity index (χ0) is 28.4. The molecule has 0 spiro atoms. The summed E-state index contributed by atoms with van der Waals surface area (Å²) in [7, 11) is 2.70. The van der Waals surface area contributed by atoms with Gasteiger partial charge in [0, 0.05) is 13.1 Å². The number of ether oxygens (including phenoxy) is 2. The number of unbranched alkanes of at least 4 members (excludes halogenated alkanes) is 3. The number of carbonyl (C=O) groups is 6. The number of likely N-dealkylation sites (tertiary alicyclic amines) is 2. The van der Waals surface area contributed by atoms with E-state index in [4.69, 9.17) is 9.47 Å². The smallest absolute Gasteiger partial charge is 0.312 e. The number of hydrogen-bond donors (Lipinski definition) is 0. The van der Waals surface area contributed by atoms with Crippen LogP contribution in [0.4, 0.5) is 0 Å². The molecule has 6 saturated carbocycles. The number of amides is 4. The molecule has 0 unspecified atom stereocenters. The van der Waals surface area contributed by atoms with E-state index >= 15 is 0 Å². The van der Waals surface area contributed by atoms with Gasteiger partial charge in [-0.2, -0.15) is 0 Å². The van der Waals surface area contributed by atoms with E-state index in [0.29, 0.717) is 51.6 Å². The molecule has 0 aromatic rings. The topological polar surface area (TPSA) is 127 Å². The maximum absolute atomic E-state index is 13.4. The van der Waals surface area contributed by atoms with Crippen LogP contribution >= 0.6 is 0 Å². The quantitative estimate of drug-likeness (QED) is 0.241. The van der Waals surface area contributed by atoms with Crippen LogP contribution < -0.4 is 0 Å². The van der Waals surface area contributed by atoms with Crippen molar-refractivity contribution < 1.29 is 38.2 Å². The standard InChI is InChI=1S/C30H40N2O8/c1-39-27(37)29-11-7-17(8-12-29)19-21(29)25(35)31(23(19)33)15-5-3-4-6-16-32-24(34)20-18-9-13-30(14-10-18,28(38)40-2)22(20)26(32)36/h17-22H,3-16H2,1-2H3/t17?,18?,19-,20-,21-,22+,29?,30?/m1/s1. The highest BCUT2D eigenvalue weighted by atomic mass is 16.5. The van der Waals surface area contributed by atoms with E-state index in [1.165, 1.54) is 24.0 Å². The van der Waals surface area contributed by atoms with E-state index in [1.54, 1.807) is 0 Å². The highest BCUT2D eigenvalue weighted by molar-refractivity contribution is 6.09. The van der Waals surface area contributed by atoms with Crippen molar-refractivity contribution in [3.8, 4) is 0 Å². The highest BCUT2D eigenvalue weighted by Gasteiger charge is 2.68. The Balaban J connectivity index is 1.02. The number of esters is 2. The van der Waals surface area contributed by atoms with Gasteiger partial charge in [-0.1, -0.05) is 12.8 Å². The normalized spacial score (nSPS) is 39.5. The minimum atomic E-state index is -0.867. The Bertz CT molecular complexity index is 1040. The Hall–Kier alpha value is -2.78. The Kier molecular flexibility index (Phi) is 6.81. The summed E-state index contributed by atoms with van der Waals surface area (Å²) in [5, 5.41) is 0. The minimum absolute atomic E-state index is 0.141. The van der Waals surface area contributed by atoms with Gasteiger partial charge >= 0.3 is 11.9 Å². The third kappa shape index (κ3) is 3.66. The molecule has 8 aliphatic rings.